The van der Waals surface area contributed by atoms with E-state index in [1.165, 1.54) is 11.3 Å². The van der Waals surface area contributed by atoms with Crippen LogP contribution < -0.4 is 5.32 Å². The number of amides is 2. The zero-order valence-corrected chi connectivity index (χ0v) is 10.5. The molecule has 0 radical (unpaired) electrons. The molecule has 6 nitrogen and oxygen atoms in total. The van der Waals surface area contributed by atoms with Gasteiger partial charge in [-0.1, -0.05) is 0 Å². The van der Waals surface area contributed by atoms with Crippen LogP contribution >= 0.6 is 11.3 Å². The molecule has 2 aliphatic heterocycles. The minimum Gasteiger partial charge on any atom is -0.366 e. The molecule has 0 aliphatic carbocycles. The second kappa shape index (κ2) is 4.66. The van der Waals surface area contributed by atoms with Crippen LogP contribution in [0.1, 0.15) is 16.9 Å². The first kappa shape index (κ1) is 11.6. The lowest BCUT2D eigenvalue weighted by molar-refractivity contribution is -0.139. The molecule has 2 amide bonds. The summed E-state index contributed by atoms with van der Waals surface area (Å²) in [6.07, 6.45) is 0.781. The molecule has 0 spiro atoms. The Bertz CT molecular complexity index is 462. The van der Waals surface area contributed by atoms with E-state index < -0.39 is 0 Å². The molecule has 1 aromatic heterocycles. The Labute approximate surface area is 108 Å². The molecule has 0 saturated carbocycles. The number of carbonyl (C=O) groups excluding carboxylic acids is 2. The number of thiazole rings is 1. The highest BCUT2D eigenvalue weighted by Gasteiger charge is 2.36. The number of rotatable bonds is 1. The van der Waals surface area contributed by atoms with Crippen LogP contribution in [0.4, 0.5) is 0 Å². The third-order valence-electron chi connectivity index (χ3n) is 3.26. The van der Waals surface area contributed by atoms with Crippen LogP contribution in [0, 0.1) is 0 Å². The largest absolute Gasteiger partial charge is 0.366 e. The van der Waals surface area contributed by atoms with E-state index in [4.69, 9.17) is 4.74 Å². The Hall–Kier alpha value is -1.47. The number of hydrogen-bond donors (Lipinski definition) is 1. The summed E-state index contributed by atoms with van der Waals surface area (Å²) in [5.41, 5.74) is 2.12. The van der Waals surface area contributed by atoms with E-state index in [-0.39, 0.29) is 30.6 Å². The highest BCUT2D eigenvalue weighted by atomic mass is 32.1. The van der Waals surface area contributed by atoms with Crippen molar-refractivity contribution >= 4 is 23.2 Å². The van der Waals surface area contributed by atoms with E-state index in [1.54, 1.807) is 15.8 Å². The number of nitrogens with zero attached hydrogens (tertiary/aromatic N) is 2. The van der Waals surface area contributed by atoms with Gasteiger partial charge in [-0.05, 0) is 6.42 Å². The van der Waals surface area contributed by atoms with E-state index in [1.807, 2.05) is 0 Å². The van der Waals surface area contributed by atoms with Gasteiger partial charge in [-0.3, -0.25) is 9.59 Å². The topological polar surface area (TPSA) is 71.5 Å². The number of aromatic nitrogens is 1. The van der Waals surface area contributed by atoms with Crippen LogP contribution in [0.3, 0.4) is 0 Å². The number of carbonyl (C=O) groups is 2. The zero-order valence-electron chi connectivity index (χ0n) is 9.67. The van der Waals surface area contributed by atoms with Gasteiger partial charge in [0.05, 0.1) is 17.7 Å². The normalized spacial score (nSPS) is 27.6. The summed E-state index contributed by atoms with van der Waals surface area (Å²) in [6, 6.07) is -0.0948. The van der Waals surface area contributed by atoms with Crippen molar-refractivity contribution in [1.29, 1.82) is 0 Å². The fourth-order valence-corrected chi connectivity index (χ4v) is 2.89. The van der Waals surface area contributed by atoms with Crippen LogP contribution in [0.15, 0.2) is 10.9 Å². The highest BCUT2D eigenvalue weighted by molar-refractivity contribution is 7.07. The van der Waals surface area contributed by atoms with E-state index in [9.17, 15) is 9.59 Å². The number of hydrogen-bond acceptors (Lipinski definition) is 5. The average molecular weight is 267 g/mol. The highest BCUT2D eigenvalue weighted by Crippen LogP contribution is 2.19. The average Bonchev–Trinajstić information content (AvgIpc) is 2.90. The minimum absolute atomic E-state index is 0.0298. The van der Waals surface area contributed by atoms with E-state index in [0.29, 0.717) is 18.8 Å². The summed E-state index contributed by atoms with van der Waals surface area (Å²) in [6.45, 7) is 1.27. The molecule has 2 atom stereocenters. The van der Waals surface area contributed by atoms with Crippen molar-refractivity contribution in [2.45, 2.75) is 18.6 Å². The van der Waals surface area contributed by atoms with E-state index >= 15 is 0 Å². The summed E-state index contributed by atoms with van der Waals surface area (Å²) in [7, 11) is 0. The molecule has 2 saturated heterocycles. The number of morpholine rings is 1. The lowest BCUT2D eigenvalue weighted by atomic mass is 10.0. The maximum atomic E-state index is 12.1. The van der Waals surface area contributed by atoms with Crippen LogP contribution in [0.5, 0.6) is 0 Å². The molecule has 96 valence electrons. The van der Waals surface area contributed by atoms with Gasteiger partial charge in [0, 0.05) is 18.5 Å². The summed E-state index contributed by atoms with van der Waals surface area (Å²) < 4.78 is 5.45. The Morgan fingerprint density at radius 3 is 3.28 bits per heavy atom. The van der Waals surface area contributed by atoms with Gasteiger partial charge in [0.15, 0.2) is 0 Å². The first-order valence-corrected chi connectivity index (χ1v) is 6.77. The standard InChI is InChI=1S/C11H13N3O3S/c15-10-4-17-9-1-2-14(3-7(9)13-10)11(16)8-5-18-6-12-8/h5-7,9H,1-4H2,(H,13,15)/t7-,9+/m0/s1. The van der Waals surface area contributed by atoms with Crippen LogP contribution in [0.2, 0.25) is 0 Å². The molecular formula is C11H13N3O3S. The number of piperidine rings is 1. The fourth-order valence-electron chi connectivity index (χ4n) is 2.36. The van der Waals surface area contributed by atoms with Gasteiger partial charge in [-0.15, -0.1) is 11.3 Å². The summed E-state index contributed by atoms with van der Waals surface area (Å²) in [4.78, 5) is 29.2. The predicted octanol–water partition coefficient (Wildman–Crippen LogP) is -0.127. The molecule has 7 heteroatoms. The van der Waals surface area contributed by atoms with Crippen molar-refractivity contribution in [3.05, 3.63) is 16.6 Å². The van der Waals surface area contributed by atoms with Gasteiger partial charge in [0.1, 0.15) is 12.3 Å². The molecule has 0 bridgehead atoms. The monoisotopic (exact) mass is 267 g/mol. The molecule has 1 N–H and O–H groups in total. The van der Waals surface area contributed by atoms with Crippen molar-refractivity contribution in [1.82, 2.24) is 15.2 Å². The van der Waals surface area contributed by atoms with Crippen LogP contribution in [-0.2, 0) is 9.53 Å². The first-order valence-electron chi connectivity index (χ1n) is 5.82. The van der Waals surface area contributed by atoms with Crippen LogP contribution in [-0.4, -0.2) is 53.5 Å². The summed E-state index contributed by atoms with van der Waals surface area (Å²) >= 11 is 1.40. The van der Waals surface area contributed by atoms with Gasteiger partial charge in [0.2, 0.25) is 5.91 Å². The maximum absolute atomic E-state index is 12.1. The number of likely N-dealkylation sites (tertiary alicyclic amines) is 1. The van der Waals surface area contributed by atoms with Crippen LogP contribution in [0.25, 0.3) is 0 Å². The van der Waals surface area contributed by atoms with Gasteiger partial charge in [-0.2, -0.15) is 0 Å². The fraction of sp³-hybridized carbons (Fsp3) is 0.545. The van der Waals surface area contributed by atoms with Gasteiger partial charge in [-0.25, -0.2) is 4.98 Å². The summed E-state index contributed by atoms with van der Waals surface area (Å²) in [5, 5.41) is 4.61. The van der Waals surface area contributed by atoms with Gasteiger partial charge < -0.3 is 15.0 Å². The van der Waals surface area contributed by atoms with Crippen molar-refractivity contribution in [2.24, 2.45) is 0 Å². The third-order valence-corrected chi connectivity index (χ3v) is 3.85. The smallest absolute Gasteiger partial charge is 0.273 e. The minimum atomic E-state index is -0.112. The maximum Gasteiger partial charge on any atom is 0.273 e. The summed E-state index contributed by atoms with van der Waals surface area (Å²) in [5.74, 6) is -0.186. The lowest BCUT2D eigenvalue weighted by Gasteiger charge is -2.40. The zero-order chi connectivity index (χ0) is 12.5. The quantitative estimate of drug-likeness (QED) is 0.769. The predicted molar refractivity (Wildman–Crippen MR) is 64.3 cm³/mol. The molecule has 2 aliphatic rings. The van der Waals surface area contributed by atoms with Gasteiger partial charge in [0.25, 0.3) is 5.91 Å². The Balaban J connectivity index is 1.69. The molecule has 0 unspecified atom stereocenters. The SMILES string of the molecule is O=C1CO[C@@H]2CCN(C(=O)c3cscn3)C[C@@H]2N1. The molecule has 3 heterocycles. The van der Waals surface area contributed by atoms with Gasteiger partial charge >= 0.3 is 0 Å². The van der Waals surface area contributed by atoms with E-state index in [0.717, 1.165) is 6.42 Å². The molecular weight excluding hydrogens is 254 g/mol. The Morgan fingerprint density at radius 1 is 1.61 bits per heavy atom. The number of ether oxygens (including phenoxy) is 1. The van der Waals surface area contributed by atoms with E-state index in [2.05, 4.69) is 10.3 Å². The number of fused-ring (bicyclic) bond motifs is 1. The molecule has 1 aromatic rings. The Kier molecular flexibility index (Phi) is 3.00. The second-order valence-corrected chi connectivity index (χ2v) is 5.16. The van der Waals surface area contributed by atoms with Crippen molar-refractivity contribution < 1.29 is 14.3 Å². The first-order chi connectivity index (χ1) is 8.74. The third kappa shape index (κ3) is 2.11. The lowest BCUT2D eigenvalue weighted by Crippen LogP contribution is -2.61. The van der Waals surface area contributed by atoms with Crippen molar-refractivity contribution in [2.75, 3.05) is 19.7 Å². The van der Waals surface area contributed by atoms with Crippen molar-refractivity contribution in [3.8, 4) is 0 Å². The second-order valence-electron chi connectivity index (χ2n) is 4.44. The Morgan fingerprint density at radius 2 is 2.50 bits per heavy atom. The molecule has 2 fully saturated rings. The molecule has 18 heavy (non-hydrogen) atoms. The number of nitrogens with one attached hydrogen (secondary N) is 1. The van der Waals surface area contributed by atoms with Crippen molar-refractivity contribution in [3.63, 3.8) is 0 Å². The molecule has 3 rings (SSSR count). The molecule has 0 aromatic carbocycles.